The van der Waals surface area contributed by atoms with E-state index in [2.05, 4.69) is 20.6 Å². The summed E-state index contributed by atoms with van der Waals surface area (Å²) in [5.41, 5.74) is 2.96. The van der Waals surface area contributed by atoms with Crippen molar-refractivity contribution in [3.05, 3.63) is 36.7 Å². The third kappa shape index (κ3) is 2.19. The van der Waals surface area contributed by atoms with E-state index in [4.69, 9.17) is 4.98 Å². The van der Waals surface area contributed by atoms with Gasteiger partial charge in [-0.3, -0.25) is 9.48 Å². The first kappa shape index (κ1) is 14.8. The van der Waals surface area contributed by atoms with Crippen molar-refractivity contribution >= 4 is 34.1 Å². The molecule has 1 amide bonds. The zero-order chi connectivity index (χ0) is 17.7. The lowest BCUT2D eigenvalue weighted by molar-refractivity contribution is -0.117. The van der Waals surface area contributed by atoms with Gasteiger partial charge in [0.2, 0.25) is 11.6 Å². The minimum absolute atomic E-state index is 0.00941. The number of aromatic nitrogens is 7. The number of carbonyl (C=O) groups is 1. The van der Waals surface area contributed by atoms with Crippen LogP contribution in [0, 0.1) is 0 Å². The molecule has 1 fully saturated rings. The predicted molar refractivity (Wildman–Crippen MR) is 93.9 cm³/mol. The summed E-state index contributed by atoms with van der Waals surface area (Å²) in [6.45, 7) is 1.39. The number of aryl methyl sites for hydroxylation is 1. The van der Waals surface area contributed by atoms with Crippen LogP contribution in [0.1, 0.15) is 0 Å². The van der Waals surface area contributed by atoms with Gasteiger partial charge in [0.05, 0.1) is 29.5 Å². The summed E-state index contributed by atoms with van der Waals surface area (Å²) in [5.74, 6) is 0.609. The molecule has 4 heterocycles. The van der Waals surface area contributed by atoms with Crippen molar-refractivity contribution in [2.75, 3.05) is 29.4 Å². The smallest absolute Gasteiger partial charge is 0.246 e. The number of rotatable bonds is 2. The number of anilines is 2. The Morgan fingerprint density at radius 2 is 2.04 bits per heavy atom. The largest absolute Gasteiger partial charge is 0.342 e. The number of hydrogen-bond donors (Lipinski definition) is 0. The Balaban J connectivity index is 1.52. The fraction of sp³-hybridized carbons (Fsp3) is 0.250. The number of amides is 1. The molecule has 1 aliphatic heterocycles. The van der Waals surface area contributed by atoms with Gasteiger partial charge >= 0.3 is 0 Å². The Hall–Kier alpha value is -3.56. The van der Waals surface area contributed by atoms with E-state index in [-0.39, 0.29) is 12.5 Å². The third-order valence-corrected chi connectivity index (χ3v) is 4.53. The molecule has 0 saturated carbocycles. The third-order valence-electron chi connectivity index (χ3n) is 4.53. The van der Waals surface area contributed by atoms with E-state index in [0.29, 0.717) is 24.6 Å². The lowest BCUT2D eigenvalue weighted by Crippen LogP contribution is -2.51. The lowest BCUT2D eigenvalue weighted by Gasteiger charge is -2.34. The van der Waals surface area contributed by atoms with E-state index in [1.165, 1.54) is 0 Å². The summed E-state index contributed by atoms with van der Waals surface area (Å²) in [6.07, 6.45) is 3.53. The second kappa shape index (κ2) is 5.48. The molecule has 10 nitrogen and oxygen atoms in total. The Morgan fingerprint density at radius 3 is 2.85 bits per heavy atom. The highest BCUT2D eigenvalue weighted by Gasteiger charge is 2.28. The van der Waals surface area contributed by atoms with Gasteiger partial charge in [0.1, 0.15) is 0 Å². The number of hydrogen-bond acceptors (Lipinski definition) is 7. The molecule has 4 aromatic rings. The van der Waals surface area contributed by atoms with Crippen molar-refractivity contribution in [3.63, 3.8) is 0 Å². The maximum absolute atomic E-state index is 12.7. The second-order valence-corrected chi connectivity index (χ2v) is 6.18. The zero-order valence-electron chi connectivity index (χ0n) is 14.0. The Labute approximate surface area is 147 Å². The highest BCUT2D eigenvalue weighted by molar-refractivity contribution is 5.98. The van der Waals surface area contributed by atoms with Crippen molar-refractivity contribution in [1.29, 1.82) is 0 Å². The number of fused-ring (bicyclic) bond motifs is 3. The molecule has 0 N–H and O–H groups in total. The molecule has 130 valence electrons. The highest BCUT2D eigenvalue weighted by atomic mass is 16.2. The molecule has 0 bridgehead atoms. The van der Waals surface area contributed by atoms with Crippen molar-refractivity contribution in [2.24, 2.45) is 7.05 Å². The molecule has 1 aromatic carbocycles. The Morgan fingerprint density at radius 1 is 1.15 bits per heavy atom. The maximum Gasteiger partial charge on any atom is 0.246 e. The Bertz CT molecular complexity index is 1130. The average molecular weight is 349 g/mol. The van der Waals surface area contributed by atoms with E-state index in [9.17, 15) is 4.79 Å². The van der Waals surface area contributed by atoms with Gasteiger partial charge in [0, 0.05) is 26.3 Å². The van der Waals surface area contributed by atoms with Crippen molar-refractivity contribution in [3.8, 4) is 0 Å². The molecule has 0 aliphatic carbocycles. The molecular formula is C16H15N9O. The van der Waals surface area contributed by atoms with Crippen LogP contribution in [-0.4, -0.2) is 60.3 Å². The summed E-state index contributed by atoms with van der Waals surface area (Å²) in [6, 6.07) is 7.66. The van der Waals surface area contributed by atoms with Crippen LogP contribution >= 0.6 is 0 Å². The predicted octanol–water partition coefficient (Wildman–Crippen LogP) is 0.259. The van der Waals surface area contributed by atoms with Crippen LogP contribution < -0.4 is 9.80 Å². The van der Waals surface area contributed by atoms with E-state index in [0.717, 1.165) is 16.7 Å². The number of piperazine rings is 1. The summed E-state index contributed by atoms with van der Waals surface area (Å²) in [7, 11) is 1.83. The summed E-state index contributed by atoms with van der Waals surface area (Å²) < 4.78 is 3.35. The molecule has 5 rings (SSSR count). The van der Waals surface area contributed by atoms with E-state index < -0.39 is 0 Å². The second-order valence-electron chi connectivity index (χ2n) is 6.18. The SMILES string of the molecule is Cn1cc(N2CCN(c3nc4ccccc4n4nnnc34)CC2=O)cn1. The van der Waals surface area contributed by atoms with E-state index in [1.807, 2.05) is 42.4 Å². The quantitative estimate of drug-likeness (QED) is 0.512. The summed E-state index contributed by atoms with van der Waals surface area (Å²) in [5, 5.41) is 16.1. The molecular weight excluding hydrogens is 334 g/mol. The number of benzene rings is 1. The first-order valence-electron chi connectivity index (χ1n) is 8.21. The van der Waals surface area contributed by atoms with Crippen LogP contribution in [0.5, 0.6) is 0 Å². The number of para-hydroxylation sites is 2. The zero-order valence-corrected chi connectivity index (χ0v) is 14.0. The van der Waals surface area contributed by atoms with Gasteiger partial charge in [-0.25, -0.2) is 4.98 Å². The van der Waals surface area contributed by atoms with Gasteiger partial charge in [-0.1, -0.05) is 12.1 Å². The fourth-order valence-corrected chi connectivity index (χ4v) is 3.28. The molecule has 3 aromatic heterocycles. The standard InChI is InChI=1S/C16H15N9O/c1-22-9-11(8-17-22)24-7-6-23(10-14(24)26)15-16-19-20-21-25(16)13-5-3-2-4-12(13)18-15/h2-5,8-9H,6-7,10H2,1H3. The van der Waals surface area contributed by atoms with Crippen LogP contribution in [0.25, 0.3) is 16.7 Å². The fourth-order valence-electron chi connectivity index (χ4n) is 3.28. The molecule has 1 aliphatic rings. The molecule has 0 unspecified atom stereocenters. The van der Waals surface area contributed by atoms with Crippen LogP contribution in [0.4, 0.5) is 11.5 Å². The van der Waals surface area contributed by atoms with Gasteiger partial charge in [0.25, 0.3) is 0 Å². The van der Waals surface area contributed by atoms with Gasteiger partial charge < -0.3 is 9.80 Å². The van der Waals surface area contributed by atoms with Crippen molar-refractivity contribution in [1.82, 2.24) is 34.8 Å². The topological polar surface area (TPSA) is 97.3 Å². The number of carbonyl (C=O) groups excluding carboxylic acids is 1. The van der Waals surface area contributed by atoms with Gasteiger partial charge in [-0.05, 0) is 22.6 Å². The van der Waals surface area contributed by atoms with Crippen LogP contribution in [0.2, 0.25) is 0 Å². The lowest BCUT2D eigenvalue weighted by atomic mass is 10.2. The van der Waals surface area contributed by atoms with Crippen molar-refractivity contribution < 1.29 is 4.79 Å². The van der Waals surface area contributed by atoms with E-state index >= 15 is 0 Å². The van der Waals surface area contributed by atoms with Crippen LogP contribution in [-0.2, 0) is 11.8 Å². The minimum Gasteiger partial charge on any atom is -0.342 e. The van der Waals surface area contributed by atoms with Crippen molar-refractivity contribution in [2.45, 2.75) is 0 Å². The summed E-state index contributed by atoms with van der Waals surface area (Å²) in [4.78, 5) is 21.1. The van der Waals surface area contributed by atoms with E-state index in [1.54, 1.807) is 20.3 Å². The van der Waals surface area contributed by atoms with Gasteiger partial charge in [-0.15, -0.1) is 5.10 Å². The summed E-state index contributed by atoms with van der Waals surface area (Å²) >= 11 is 0. The van der Waals surface area contributed by atoms with Crippen LogP contribution in [0.15, 0.2) is 36.7 Å². The van der Waals surface area contributed by atoms with Gasteiger partial charge in [0.15, 0.2) is 5.82 Å². The monoisotopic (exact) mass is 349 g/mol. The number of nitrogens with zero attached hydrogens (tertiary/aromatic N) is 9. The van der Waals surface area contributed by atoms with Gasteiger partial charge in [-0.2, -0.15) is 9.61 Å². The molecule has 26 heavy (non-hydrogen) atoms. The molecule has 1 saturated heterocycles. The number of tetrazole rings is 1. The Kier molecular flexibility index (Phi) is 3.11. The average Bonchev–Trinajstić information content (AvgIpc) is 3.30. The maximum atomic E-state index is 12.7. The minimum atomic E-state index is -0.00941. The molecule has 0 radical (unpaired) electrons. The first-order valence-corrected chi connectivity index (χ1v) is 8.21. The first-order chi connectivity index (χ1) is 12.7. The molecule has 0 atom stereocenters. The molecule has 10 heteroatoms. The normalized spacial score (nSPS) is 15.3. The molecule has 0 spiro atoms. The highest BCUT2D eigenvalue weighted by Crippen LogP contribution is 2.25. The van der Waals surface area contributed by atoms with Crippen LogP contribution in [0.3, 0.4) is 0 Å².